The normalized spacial score (nSPS) is 10.7. The van der Waals surface area contributed by atoms with Crippen molar-refractivity contribution in [3.05, 3.63) is 69.2 Å². The van der Waals surface area contributed by atoms with Crippen LogP contribution in [0.2, 0.25) is 5.02 Å². The lowest BCUT2D eigenvalue weighted by Gasteiger charge is -2.21. The third-order valence-electron chi connectivity index (χ3n) is 3.59. The van der Waals surface area contributed by atoms with Gasteiger partial charge in [0.2, 0.25) is 5.91 Å². The van der Waals surface area contributed by atoms with Crippen LogP contribution in [-0.2, 0) is 11.3 Å². The fraction of sp³-hybridized carbons (Fsp3) is 0.278. The summed E-state index contributed by atoms with van der Waals surface area (Å²) in [7, 11) is 0. The highest BCUT2D eigenvalue weighted by Gasteiger charge is 2.14. The zero-order valence-electron chi connectivity index (χ0n) is 13.9. The van der Waals surface area contributed by atoms with Gasteiger partial charge in [-0.15, -0.1) is 0 Å². The highest BCUT2D eigenvalue weighted by Crippen LogP contribution is 2.26. The average molecular weight is 362 g/mol. The number of rotatable bonds is 8. The number of non-ortho nitro benzene ring substituents is 1. The second-order valence-corrected chi connectivity index (χ2v) is 6.07. The van der Waals surface area contributed by atoms with Gasteiger partial charge in [-0.25, -0.2) is 0 Å². The Morgan fingerprint density at radius 2 is 1.96 bits per heavy atom. The van der Waals surface area contributed by atoms with Crippen LogP contribution in [0.1, 0.15) is 18.9 Å². The molecule has 0 bridgehead atoms. The zero-order chi connectivity index (χ0) is 18.2. The molecule has 2 aromatic rings. The highest BCUT2D eigenvalue weighted by molar-refractivity contribution is 6.34. The summed E-state index contributed by atoms with van der Waals surface area (Å²) >= 11 is 6.01. The molecular formula is C18H20ClN3O3. The molecule has 0 aromatic heterocycles. The molecule has 1 N–H and O–H groups in total. The Kier molecular flexibility index (Phi) is 6.91. The molecule has 132 valence electrons. The van der Waals surface area contributed by atoms with Crippen molar-refractivity contribution in [1.29, 1.82) is 0 Å². The monoisotopic (exact) mass is 361 g/mol. The summed E-state index contributed by atoms with van der Waals surface area (Å²) in [5, 5.41) is 13.6. The standard InChI is InChI=1S/C18H20ClN3O3/c1-2-10-21(12-14-6-4-3-5-7-14)13-18(23)20-17-9-8-15(22(24)25)11-16(17)19/h3-9,11H,2,10,12-13H2,1H3,(H,20,23). The Balaban J connectivity index is 2.00. The van der Waals surface area contributed by atoms with Crippen LogP contribution >= 0.6 is 11.6 Å². The van der Waals surface area contributed by atoms with Gasteiger partial charge in [0, 0.05) is 18.7 Å². The molecular weight excluding hydrogens is 342 g/mol. The quantitative estimate of drug-likeness (QED) is 0.567. The van der Waals surface area contributed by atoms with Crippen LogP contribution < -0.4 is 5.32 Å². The van der Waals surface area contributed by atoms with Crippen LogP contribution in [-0.4, -0.2) is 28.8 Å². The van der Waals surface area contributed by atoms with E-state index in [9.17, 15) is 14.9 Å². The first-order valence-corrected chi connectivity index (χ1v) is 8.37. The van der Waals surface area contributed by atoms with Gasteiger partial charge < -0.3 is 5.32 Å². The van der Waals surface area contributed by atoms with Gasteiger partial charge >= 0.3 is 0 Å². The first-order chi connectivity index (χ1) is 12.0. The van der Waals surface area contributed by atoms with Crippen molar-refractivity contribution in [3.8, 4) is 0 Å². The van der Waals surface area contributed by atoms with Crippen molar-refractivity contribution in [2.45, 2.75) is 19.9 Å². The predicted molar refractivity (Wildman–Crippen MR) is 98.7 cm³/mol. The third kappa shape index (κ3) is 5.85. The van der Waals surface area contributed by atoms with Crippen molar-refractivity contribution in [1.82, 2.24) is 4.90 Å². The molecule has 0 unspecified atom stereocenters. The zero-order valence-corrected chi connectivity index (χ0v) is 14.7. The van der Waals surface area contributed by atoms with Crippen molar-refractivity contribution < 1.29 is 9.72 Å². The van der Waals surface area contributed by atoms with Crippen LogP contribution in [0.3, 0.4) is 0 Å². The fourth-order valence-electron chi connectivity index (χ4n) is 2.48. The molecule has 0 aliphatic rings. The number of hydrogen-bond acceptors (Lipinski definition) is 4. The summed E-state index contributed by atoms with van der Waals surface area (Å²) in [6.45, 7) is 3.74. The molecule has 1 amide bonds. The van der Waals surface area contributed by atoms with Gasteiger partial charge in [0.15, 0.2) is 0 Å². The van der Waals surface area contributed by atoms with Crippen LogP contribution in [0.4, 0.5) is 11.4 Å². The molecule has 0 aliphatic heterocycles. The molecule has 0 radical (unpaired) electrons. The minimum Gasteiger partial charge on any atom is -0.324 e. The van der Waals surface area contributed by atoms with Crippen LogP contribution in [0.15, 0.2) is 48.5 Å². The summed E-state index contributed by atoms with van der Waals surface area (Å²) in [5.41, 5.74) is 1.39. The summed E-state index contributed by atoms with van der Waals surface area (Å²) in [6.07, 6.45) is 0.929. The maximum absolute atomic E-state index is 12.3. The molecule has 25 heavy (non-hydrogen) atoms. The number of benzene rings is 2. The third-order valence-corrected chi connectivity index (χ3v) is 3.91. The van der Waals surface area contributed by atoms with Gasteiger partial charge in [-0.05, 0) is 24.6 Å². The summed E-state index contributed by atoms with van der Waals surface area (Å²) in [5.74, 6) is -0.208. The number of nitro groups is 1. The lowest BCUT2D eigenvalue weighted by atomic mass is 10.2. The van der Waals surface area contributed by atoms with Crippen molar-refractivity contribution in [3.63, 3.8) is 0 Å². The number of hydrogen-bond donors (Lipinski definition) is 1. The van der Waals surface area contributed by atoms with Crippen molar-refractivity contribution >= 4 is 28.9 Å². The molecule has 0 saturated heterocycles. The van der Waals surface area contributed by atoms with E-state index in [4.69, 9.17) is 11.6 Å². The Bertz CT molecular complexity index is 738. The predicted octanol–water partition coefficient (Wildman–Crippen LogP) is 4.10. The number of halogens is 1. The SMILES string of the molecule is CCCN(CC(=O)Nc1ccc([N+](=O)[O-])cc1Cl)Cc1ccccc1. The molecule has 0 atom stereocenters. The second kappa shape index (κ2) is 9.15. The van der Waals surface area contributed by atoms with E-state index in [1.807, 2.05) is 35.2 Å². The largest absolute Gasteiger partial charge is 0.324 e. The Hall–Kier alpha value is -2.44. The molecule has 0 heterocycles. The smallest absolute Gasteiger partial charge is 0.271 e. The molecule has 0 aliphatic carbocycles. The first-order valence-electron chi connectivity index (χ1n) is 7.99. The van der Waals surface area contributed by atoms with Gasteiger partial charge in [0.1, 0.15) is 0 Å². The molecule has 7 heteroatoms. The van der Waals surface area contributed by atoms with E-state index in [0.717, 1.165) is 18.5 Å². The Labute approximate surface area is 151 Å². The highest BCUT2D eigenvalue weighted by atomic mass is 35.5. The molecule has 2 aromatic carbocycles. The number of nitro benzene ring substituents is 1. The van der Waals surface area contributed by atoms with E-state index in [2.05, 4.69) is 12.2 Å². The van der Waals surface area contributed by atoms with Crippen molar-refractivity contribution in [2.75, 3.05) is 18.4 Å². The summed E-state index contributed by atoms with van der Waals surface area (Å²) in [6, 6.07) is 13.9. The molecule has 2 rings (SSSR count). The van der Waals surface area contributed by atoms with E-state index in [1.54, 1.807) is 0 Å². The fourth-order valence-corrected chi connectivity index (χ4v) is 2.71. The Morgan fingerprint density at radius 3 is 2.56 bits per heavy atom. The van der Waals surface area contributed by atoms with Gasteiger partial charge in [0.05, 0.1) is 22.2 Å². The number of carbonyl (C=O) groups is 1. The van der Waals surface area contributed by atoms with E-state index >= 15 is 0 Å². The summed E-state index contributed by atoms with van der Waals surface area (Å²) in [4.78, 5) is 24.6. The van der Waals surface area contributed by atoms with Gasteiger partial charge in [-0.3, -0.25) is 19.8 Å². The Morgan fingerprint density at radius 1 is 1.24 bits per heavy atom. The number of anilines is 1. The minimum atomic E-state index is -0.527. The molecule has 0 fully saturated rings. The van der Waals surface area contributed by atoms with E-state index in [-0.39, 0.29) is 23.2 Å². The van der Waals surface area contributed by atoms with Crippen molar-refractivity contribution in [2.24, 2.45) is 0 Å². The number of nitrogens with one attached hydrogen (secondary N) is 1. The first kappa shape index (κ1) is 18.9. The average Bonchev–Trinajstić information content (AvgIpc) is 2.57. The number of amides is 1. The topological polar surface area (TPSA) is 75.5 Å². The van der Waals surface area contributed by atoms with Crippen LogP contribution in [0, 0.1) is 10.1 Å². The molecule has 0 spiro atoms. The minimum absolute atomic E-state index is 0.111. The number of nitrogens with zero attached hydrogens (tertiary/aromatic N) is 2. The van der Waals surface area contributed by atoms with Gasteiger partial charge in [0.25, 0.3) is 5.69 Å². The van der Waals surface area contributed by atoms with Gasteiger partial charge in [-0.1, -0.05) is 48.9 Å². The van der Waals surface area contributed by atoms with Gasteiger partial charge in [-0.2, -0.15) is 0 Å². The number of carbonyl (C=O) groups excluding carboxylic acids is 1. The van der Waals surface area contributed by atoms with E-state index < -0.39 is 4.92 Å². The molecule has 0 saturated carbocycles. The van der Waals surface area contributed by atoms with Crippen LogP contribution in [0.5, 0.6) is 0 Å². The summed E-state index contributed by atoms with van der Waals surface area (Å²) < 4.78 is 0. The second-order valence-electron chi connectivity index (χ2n) is 5.67. The maximum Gasteiger partial charge on any atom is 0.271 e. The lowest BCUT2D eigenvalue weighted by Crippen LogP contribution is -2.33. The molecule has 6 nitrogen and oxygen atoms in total. The maximum atomic E-state index is 12.3. The van der Waals surface area contributed by atoms with E-state index in [1.165, 1.54) is 18.2 Å². The lowest BCUT2D eigenvalue weighted by molar-refractivity contribution is -0.384. The van der Waals surface area contributed by atoms with Crippen LogP contribution in [0.25, 0.3) is 0 Å². The van der Waals surface area contributed by atoms with E-state index in [0.29, 0.717) is 12.2 Å².